The van der Waals surface area contributed by atoms with Crippen LogP contribution >= 0.6 is 0 Å². The van der Waals surface area contributed by atoms with Crippen LogP contribution in [0.2, 0.25) is 0 Å². The highest BCUT2D eigenvalue weighted by atomic mass is 16.5. The summed E-state index contributed by atoms with van der Waals surface area (Å²) in [5, 5.41) is 14.4. The maximum Gasteiger partial charge on any atom is 0.308 e. The van der Waals surface area contributed by atoms with Gasteiger partial charge in [-0.2, -0.15) is 0 Å². The zero-order valence-corrected chi connectivity index (χ0v) is 14.1. The maximum atomic E-state index is 12.1. The molecule has 25 heavy (non-hydrogen) atoms. The number of amides is 1. The molecule has 2 aromatic carbocycles. The van der Waals surface area contributed by atoms with Crippen molar-refractivity contribution in [1.82, 2.24) is 5.32 Å². The summed E-state index contributed by atoms with van der Waals surface area (Å²) >= 11 is 0. The van der Waals surface area contributed by atoms with Gasteiger partial charge in [0.1, 0.15) is 6.10 Å². The molecule has 2 N–H and O–H groups in total. The number of hydrogen-bond donors (Lipinski definition) is 2. The van der Waals surface area contributed by atoms with Crippen LogP contribution in [0.25, 0.3) is 10.8 Å². The van der Waals surface area contributed by atoms with Crippen molar-refractivity contribution in [3.8, 4) is 0 Å². The smallest absolute Gasteiger partial charge is 0.308 e. The fraction of sp³-hybridized carbons (Fsp3) is 0.400. The van der Waals surface area contributed by atoms with Crippen LogP contribution in [0.5, 0.6) is 0 Å². The molecule has 0 saturated carbocycles. The molecule has 0 bridgehead atoms. The van der Waals surface area contributed by atoms with Gasteiger partial charge in [0.2, 0.25) is 5.91 Å². The summed E-state index contributed by atoms with van der Waals surface area (Å²) in [6, 6.07) is 13.9. The van der Waals surface area contributed by atoms with Gasteiger partial charge in [0, 0.05) is 13.2 Å². The van der Waals surface area contributed by atoms with Crippen LogP contribution in [0, 0.1) is 5.92 Å². The molecule has 2 atom stereocenters. The molecule has 1 aliphatic heterocycles. The number of fused-ring (bicyclic) bond motifs is 1. The second kappa shape index (κ2) is 8.12. The van der Waals surface area contributed by atoms with Crippen molar-refractivity contribution in [2.24, 2.45) is 5.92 Å². The van der Waals surface area contributed by atoms with E-state index in [1.807, 2.05) is 42.5 Å². The number of carbonyl (C=O) groups is 2. The molecule has 2 unspecified atom stereocenters. The Bertz CT molecular complexity index is 752. The monoisotopic (exact) mass is 341 g/mol. The van der Waals surface area contributed by atoms with Crippen molar-refractivity contribution >= 4 is 22.6 Å². The molecular formula is C20H23NO4. The molecule has 0 spiro atoms. The van der Waals surface area contributed by atoms with Crippen LogP contribution < -0.4 is 5.32 Å². The number of carboxylic acid groups (broad SMARTS) is 1. The summed E-state index contributed by atoms with van der Waals surface area (Å²) < 4.78 is 5.44. The summed E-state index contributed by atoms with van der Waals surface area (Å²) in [6.07, 6.45) is 2.59. The van der Waals surface area contributed by atoms with Crippen LogP contribution in [-0.2, 0) is 20.7 Å². The Morgan fingerprint density at radius 1 is 1.16 bits per heavy atom. The summed E-state index contributed by atoms with van der Waals surface area (Å²) in [4.78, 5) is 23.7. The Morgan fingerprint density at radius 2 is 1.96 bits per heavy atom. The van der Waals surface area contributed by atoms with E-state index in [1.54, 1.807) is 0 Å². The number of aliphatic carboxylic acids is 1. The first kappa shape index (κ1) is 17.4. The number of hydrogen-bond acceptors (Lipinski definition) is 3. The molecule has 0 aromatic heterocycles. The van der Waals surface area contributed by atoms with Gasteiger partial charge in [0.25, 0.3) is 0 Å². The number of benzene rings is 2. The third kappa shape index (κ3) is 4.57. The van der Waals surface area contributed by atoms with E-state index >= 15 is 0 Å². The Balaban J connectivity index is 1.62. The van der Waals surface area contributed by atoms with Gasteiger partial charge in [0.15, 0.2) is 0 Å². The number of rotatable bonds is 6. The van der Waals surface area contributed by atoms with Crippen LogP contribution in [0.3, 0.4) is 0 Å². The van der Waals surface area contributed by atoms with Gasteiger partial charge in [-0.25, -0.2) is 0 Å². The summed E-state index contributed by atoms with van der Waals surface area (Å²) in [6.45, 7) is 0.707. The van der Waals surface area contributed by atoms with Crippen molar-refractivity contribution in [3.05, 3.63) is 48.0 Å². The SMILES string of the molecule is O=C(O)C(CNC(=O)C1CCCCO1)Cc1ccc2ccccc2c1. The van der Waals surface area contributed by atoms with Gasteiger partial charge in [-0.3, -0.25) is 9.59 Å². The third-order valence-electron chi connectivity index (χ3n) is 4.64. The molecule has 1 fully saturated rings. The first-order valence-electron chi connectivity index (χ1n) is 8.73. The highest BCUT2D eigenvalue weighted by Crippen LogP contribution is 2.18. The van der Waals surface area contributed by atoms with Crippen molar-refractivity contribution in [2.45, 2.75) is 31.8 Å². The zero-order valence-electron chi connectivity index (χ0n) is 14.1. The molecule has 5 heteroatoms. The standard InChI is InChI=1S/C20H23NO4/c22-19(18-7-3-4-10-25-18)21-13-17(20(23)24)12-14-8-9-15-5-1-2-6-16(15)11-14/h1-2,5-6,8-9,11,17-18H,3-4,7,10,12-13H2,(H,21,22)(H,23,24). The molecule has 1 aliphatic rings. The Morgan fingerprint density at radius 3 is 2.68 bits per heavy atom. The normalized spacial score (nSPS) is 18.6. The van der Waals surface area contributed by atoms with E-state index in [9.17, 15) is 14.7 Å². The summed E-state index contributed by atoms with van der Waals surface area (Å²) in [7, 11) is 0. The molecular weight excluding hydrogens is 318 g/mol. The molecule has 5 nitrogen and oxygen atoms in total. The first-order chi connectivity index (χ1) is 12.1. The molecule has 132 valence electrons. The lowest BCUT2D eigenvalue weighted by Crippen LogP contribution is -2.42. The van der Waals surface area contributed by atoms with Crippen molar-refractivity contribution in [3.63, 3.8) is 0 Å². The number of nitrogens with one attached hydrogen (secondary N) is 1. The predicted octanol–water partition coefficient (Wildman–Crippen LogP) is 2.77. The maximum absolute atomic E-state index is 12.1. The average Bonchev–Trinajstić information content (AvgIpc) is 2.65. The van der Waals surface area contributed by atoms with E-state index < -0.39 is 18.0 Å². The van der Waals surface area contributed by atoms with Gasteiger partial charge in [0.05, 0.1) is 5.92 Å². The predicted molar refractivity (Wildman–Crippen MR) is 95.4 cm³/mol. The average molecular weight is 341 g/mol. The quantitative estimate of drug-likeness (QED) is 0.847. The van der Waals surface area contributed by atoms with Crippen LogP contribution in [0.15, 0.2) is 42.5 Å². The topological polar surface area (TPSA) is 75.6 Å². The zero-order chi connectivity index (χ0) is 17.6. The second-order valence-electron chi connectivity index (χ2n) is 6.52. The van der Waals surface area contributed by atoms with E-state index in [-0.39, 0.29) is 12.5 Å². The van der Waals surface area contributed by atoms with Gasteiger partial charge in [-0.05, 0) is 42.0 Å². The summed E-state index contributed by atoms with van der Waals surface area (Å²) in [5.41, 5.74) is 0.953. The molecule has 2 aromatic rings. The second-order valence-corrected chi connectivity index (χ2v) is 6.52. The van der Waals surface area contributed by atoms with E-state index in [0.29, 0.717) is 19.4 Å². The van der Waals surface area contributed by atoms with E-state index in [4.69, 9.17) is 4.74 Å². The molecule has 0 aliphatic carbocycles. The fourth-order valence-electron chi connectivity index (χ4n) is 3.18. The highest BCUT2D eigenvalue weighted by molar-refractivity contribution is 5.83. The van der Waals surface area contributed by atoms with Crippen LogP contribution in [-0.4, -0.2) is 36.2 Å². The number of carbonyl (C=O) groups excluding carboxylic acids is 1. The largest absolute Gasteiger partial charge is 0.481 e. The van der Waals surface area contributed by atoms with E-state index in [1.165, 1.54) is 0 Å². The molecule has 0 radical (unpaired) electrons. The van der Waals surface area contributed by atoms with Crippen LogP contribution in [0.4, 0.5) is 0 Å². The van der Waals surface area contributed by atoms with E-state index in [0.717, 1.165) is 29.2 Å². The number of ether oxygens (including phenoxy) is 1. The van der Waals surface area contributed by atoms with Crippen molar-refractivity contribution < 1.29 is 19.4 Å². The van der Waals surface area contributed by atoms with Crippen LogP contribution in [0.1, 0.15) is 24.8 Å². The van der Waals surface area contributed by atoms with Gasteiger partial charge < -0.3 is 15.2 Å². The fourth-order valence-corrected chi connectivity index (χ4v) is 3.18. The van der Waals surface area contributed by atoms with Crippen molar-refractivity contribution in [2.75, 3.05) is 13.2 Å². The Labute approximate surface area is 147 Å². The lowest BCUT2D eigenvalue weighted by atomic mass is 9.97. The molecule has 1 amide bonds. The Kier molecular flexibility index (Phi) is 5.66. The lowest BCUT2D eigenvalue weighted by Gasteiger charge is -2.22. The van der Waals surface area contributed by atoms with Gasteiger partial charge in [-0.15, -0.1) is 0 Å². The minimum atomic E-state index is -0.905. The molecule has 3 rings (SSSR count). The molecule has 1 saturated heterocycles. The highest BCUT2D eigenvalue weighted by Gasteiger charge is 2.24. The lowest BCUT2D eigenvalue weighted by molar-refractivity contribution is -0.142. The van der Waals surface area contributed by atoms with Crippen molar-refractivity contribution in [1.29, 1.82) is 0 Å². The number of carboxylic acids is 1. The van der Waals surface area contributed by atoms with E-state index in [2.05, 4.69) is 5.32 Å². The van der Waals surface area contributed by atoms with Gasteiger partial charge >= 0.3 is 5.97 Å². The molecule has 1 heterocycles. The van der Waals surface area contributed by atoms with Gasteiger partial charge in [-0.1, -0.05) is 42.5 Å². The summed E-state index contributed by atoms with van der Waals surface area (Å²) in [5.74, 6) is -1.77. The third-order valence-corrected chi connectivity index (χ3v) is 4.64. The minimum Gasteiger partial charge on any atom is -0.481 e. The minimum absolute atomic E-state index is 0.112. The first-order valence-corrected chi connectivity index (χ1v) is 8.73. The Hall–Kier alpha value is -2.40.